The monoisotopic (exact) mass is 353 g/mol. The number of nitrogens with zero attached hydrogens (tertiary/aromatic N) is 4. The maximum atomic E-state index is 14.7. The number of benzene rings is 1. The van der Waals surface area contributed by atoms with Crippen LogP contribution in [0.1, 0.15) is 5.82 Å². The Morgan fingerprint density at radius 2 is 2.00 bits per heavy atom. The van der Waals surface area contributed by atoms with Gasteiger partial charge in [-0.2, -0.15) is 0 Å². The maximum absolute atomic E-state index is 14.7. The zero-order valence-corrected chi connectivity index (χ0v) is 14.4. The molecule has 5 rings (SSSR count). The van der Waals surface area contributed by atoms with Crippen molar-refractivity contribution in [1.29, 1.82) is 0 Å². The molecule has 1 N–H and O–H groups in total. The lowest BCUT2D eigenvalue weighted by molar-refractivity contribution is 0.0830. The van der Waals surface area contributed by atoms with Gasteiger partial charge in [-0.05, 0) is 18.2 Å². The quantitative estimate of drug-likeness (QED) is 0.765. The highest BCUT2D eigenvalue weighted by Gasteiger charge is 2.18. The minimum atomic E-state index is -0.273. The highest BCUT2D eigenvalue weighted by atomic mass is 19.1. The average Bonchev–Trinajstić information content (AvgIpc) is 3.05. The van der Waals surface area contributed by atoms with Crippen LogP contribution in [0.25, 0.3) is 22.2 Å². The van der Waals surface area contributed by atoms with Gasteiger partial charge in [0, 0.05) is 56.1 Å². The predicted molar refractivity (Wildman–Crippen MR) is 97.7 cm³/mol. The van der Waals surface area contributed by atoms with E-state index < -0.39 is 0 Å². The van der Waals surface area contributed by atoms with Gasteiger partial charge < -0.3 is 19.5 Å². The molecule has 4 heterocycles. The van der Waals surface area contributed by atoms with Crippen molar-refractivity contribution in [2.75, 3.05) is 37.7 Å². The first-order chi connectivity index (χ1) is 12.8. The Hall–Kier alpha value is -2.51. The fourth-order valence-electron chi connectivity index (χ4n) is 3.72. The molecule has 0 aliphatic carbocycles. The Labute approximate surface area is 150 Å². The number of halogens is 1. The largest absolute Gasteiger partial charge is 0.372 e. The van der Waals surface area contributed by atoms with Crippen molar-refractivity contribution in [1.82, 2.24) is 19.9 Å². The van der Waals surface area contributed by atoms with E-state index in [-0.39, 0.29) is 5.82 Å². The van der Waals surface area contributed by atoms with Crippen LogP contribution in [-0.2, 0) is 17.9 Å². The summed E-state index contributed by atoms with van der Waals surface area (Å²) in [6.45, 7) is 5.69. The molecule has 0 radical (unpaired) electrons. The van der Waals surface area contributed by atoms with Gasteiger partial charge in [0.25, 0.3) is 0 Å². The molecule has 2 aliphatic heterocycles. The number of anilines is 1. The van der Waals surface area contributed by atoms with Gasteiger partial charge in [0.15, 0.2) is 0 Å². The van der Waals surface area contributed by atoms with Gasteiger partial charge in [0.05, 0.1) is 17.6 Å². The summed E-state index contributed by atoms with van der Waals surface area (Å²) in [5.74, 6) is 1.52. The van der Waals surface area contributed by atoms with Gasteiger partial charge in [0.2, 0.25) is 0 Å². The number of nitrogens with one attached hydrogen (secondary N) is 1. The normalized spacial score (nSPS) is 17.5. The summed E-state index contributed by atoms with van der Waals surface area (Å²) in [4.78, 5) is 11.3. The number of ether oxygens (including phenoxy) is 1. The van der Waals surface area contributed by atoms with Crippen LogP contribution in [-0.4, -0.2) is 47.3 Å². The first kappa shape index (κ1) is 15.7. The Balaban J connectivity index is 1.52. The Morgan fingerprint density at radius 3 is 2.81 bits per heavy atom. The van der Waals surface area contributed by atoms with Crippen molar-refractivity contribution in [2.24, 2.45) is 0 Å². The van der Waals surface area contributed by atoms with Crippen molar-refractivity contribution in [3.8, 4) is 11.1 Å². The fourth-order valence-corrected chi connectivity index (χ4v) is 3.72. The number of hydrogen-bond acceptors (Lipinski definition) is 5. The van der Waals surface area contributed by atoms with E-state index in [2.05, 4.69) is 24.8 Å². The number of aromatic nitrogens is 3. The number of hydrogen-bond donors (Lipinski definition) is 1. The van der Waals surface area contributed by atoms with E-state index in [4.69, 9.17) is 4.74 Å². The van der Waals surface area contributed by atoms with Crippen LogP contribution >= 0.6 is 0 Å². The third-order valence-electron chi connectivity index (χ3n) is 5.11. The van der Waals surface area contributed by atoms with Gasteiger partial charge in [-0.1, -0.05) is 0 Å². The maximum Gasteiger partial charge on any atom is 0.136 e. The lowest BCUT2D eigenvalue weighted by Crippen LogP contribution is -2.43. The molecule has 0 atom stereocenters. The third kappa shape index (κ3) is 2.64. The highest BCUT2D eigenvalue weighted by molar-refractivity contribution is 5.83. The fraction of sp³-hybridized carbons (Fsp3) is 0.368. The second-order valence-electron chi connectivity index (χ2n) is 6.70. The molecule has 26 heavy (non-hydrogen) atoms. The molecule has 0 bridgehead atoms. The summed E-state index contributed by atoms with van der Waals surface area (Å²) in [7, 11) is 0. The van der Waals surface area contributed by atoms with E-state index in [0.29, 0.717) is 24.3 Å². The molecular weight excluding hydrogens is 333 g/mol. The van der Waals surface area contributed by atoms with Crippen molar-refractivity contribution < 1.29 is 9.13 Å². The zero-order chi connectivity index (χ0) is 17.5. The van der Waals surface area contributed by atoms with Crippen LogP contribution in [0.4, 0.5) is 10.2 Å². The van der Waals surface area contributed by atoms with Crippen LogP contribution in [0.2, 0.25) is 0 Å². The molecule has 7 heteroatoms. The summed E-state index contributed by atoms with van der Waals surface area (Å²) < 4.78 is 22.3. The van der Waals surface area contributed by atoms with Crippen LogP contribution in [0, 0.1) is 5.82 Å². The topological polar surface area (TPSA) is 55.2 Å². The first-order valence-corrected chi connectivity index (χ1v) is 8.98. The van der Waals surface area contributed by atoms with E-state index >= 15 is 0 Å². The number of pyridine rings is 1. The standard InChI is InChI=1S/C19H20FN5O/c20-15-10-16-17(25-7-8-26-12-19(25)23-16)9-14(15)13-1-2-18(22-11-13)24-5-3-21-4-6-24/h1-2,9-11,21H,3-8,12H2. The Bertz CT molecular complexity index is 947. The van der Waals surface area contributed by atoms with Gasteiger partial charge in [0.1, 0.15) is 24.1 Å². The van der Waals surface area contributed by atoms with Crippen molar-refractivity contribution in [2.45, 2.75) is 13.2 Å². The van der Waals surface area contributed by atoms with E-state index in [1.807, 2.05) is 18.2 Å². The number of piperazine rings is 1. The SMILES string of the molecule is Fc1cc2nc3n(c2cc1-c1ccc(N2CCNCC2)nc1)CCOC3. The molecule has 0 amide bonds. The van der Waals surface area contributed by atoms with Crippen molar-refractivity contribution in [3.05, 3.63) is 42.1 Å². The second kappa shape index (κ2) is 6.34. The molecule has 0 unspecified atom stereocenters. The van der Waals surface area contributed by atoms with E-state index in [9.17, 15) is 4.39 Å². The van der Waals surface area contributed by atoms with E-state index in [1.54, 1.807) is 6.20 Å². The molecule has 2 aliphatic rings. The van der Waals surface area contributed by atoms with E-state index in [1.165, 1.54) is 6.07 Å². The first-order valence-electron chi connectivity index (χ1n) is 8.98. The molecule has 3 aromatic rings. The summed E-state index contributed by atoms with van der Waals surface area (Å²) in [6.07, 6.45) is 1.76. The average molecular weight is 353 g/mol. The van der Waals surface area contributed by atoms with Gasteiger partial charge >= 0.3 is 0 Å². The molecule has 134 valence electrons. The van der Waals surface area contributed by atoms with Crippen molar-refractivity contribution >= 4 is 16.9 Å². The minimum absolute atomic E-state index is 0.273. The number of fused-ring (bicyclic) bond motifs is 3. The lowest BCUT2D eigenvalue weighted by atomic mass is 10.1. The summed E-state index contributed by atoms with van der Waals surface area (Å²) in [5.41, 5.74) is 2.97. The van der Waals surface area contributed by atoms with E-state index in [0.717, 1.165) is 55.4 Å². The zero-order valence-electron chi connectivity index (χ0n) is 14.4. The summed E-state index contributed by atoms with van der Waals surface area (Å²) in [6, 6.07) is 7.32. The Morgan fingerprint density at radius 1 is 1.12 bits per heavy atom. The molecule has 1 aromatic carbocycles. The molecule has 1 fully saturated rings. The third-order valence-corrected chi connectivity index (χ3v) is 5.11. The molecule has 6 nitrogen and oxygen atoms in total. The van der Waals surface area contributed by atoms with Crippen LogP contribution in [0.3, 0.4) is 0 Å². The minimum Gasteiger partial charge on any atom is -0.372 e. The smallest absolute Gasteiger partial charge is 0.136 e. The van der Waals surface area contributed by atoms with Gasteiger partial charge in [-0.25, -0.2) is 14.4 Å². The lowest BCUT2D eigenvalue weighted by Gasteiger charge is -2.28. The van der Waals surface area contributed by atoms with Gasteiger partial charge in [-0.3, -0.25) is 0 Å². The second-order valence-corrected chi connectivity index (χ2v) is 6.70. The summed E-state index contributed by atoms with van der Waals surface area (Å²) >= 11 is 0. The van der Waals surface area contributed by atoms with Crippen LogP contribution in [0.5, 0.6) is 0 Å². The van der Waals surface area contributed by atoms with Crippen molar-refractivity contribution in [3.63, 3.8) is 0 Å². The molecule has 0 saturated carbocycles. The Kier molecular flexibility index (Phi) is 3.83. The molecule has 0 spiro atoms. The predicted octanol–water partition coefficient (Wildman–Crippen LogP) is 2.18. The number of imidazole rings is 1. The summed E-state index contributed by atoms with van der Waals surface area (Å²) in [5, 5.41) is 3.33. The van der Waals surface area contributed by atoms with Crippen LogP contribution in [0.15, 0.2) is 30.5 Å². The highest BCUT2D eigenvalue weighted by Crippen LogP contribution is 2.29. The van der Waals surface area contributed by atoms with Crippen LogP contribution < -0.4 is 10.2 Å². The molecule has 1 saturated heterocycles. The molecule has 2 aromatic heterocycles. The number of rotatable bonds is 2. The molecular formula is C19H20FN5O. The van der Waals surface area contributed by atoms with Gasteiger partial charge in [-0.15, -0.1) is 0 Å².